The zero-order chi connectivity index (χ0) is 24.8. The topological polar surface area (TPSA) is 70.2 Å². The Labute approximate surface area is 205 Å². The highest BCUT2D eigenvalue weighted by Gasteiger charge is 2.23. The van der Waals surface area contributed by atoms with Crippen molar-refractivity contribution < 1.29 is 22.3 Å². The van der Waals surface area contributed by atoms with Gasteiger partial charge < -0.3 is 14.5 Å². The van der Waals surface area contributed by atoms with Gasteiger partial charge in [0.15, 0.2) is 6.61 Å². The summed E-state index contributed by atoms with van der Waals surface area (Å²) in [5.74, 6) is 0.0144. The molecule has 184 valence electrons. The van der Waals surface area contributed by atoms with Gasteiger partial charge >= 0.3 is 0 Å². The molecule has 0 bridgehead atoms. The second-order valence-corrected chi connectivity index (χ2v) is 10.4. The number of halogens is 1. The van der Waals surface area contributed by atoms with Gasteiger partial charge in [-0.15, -0.1) is 0 Å². The third-order valence-electron chi connectivity index (χ3n) is 5.97. The highest BCUT2D eigenvalue weighted by molar-refractivity contribution is 7.89. The van der Waals surface area contributed by atoms with Gasteiger partial charge in [-0.25, -0.2) is 12.8 Å². The molecule has 0 aliphatic carbocycles. The highest BCUT2D eigenvalue weighted by atomic mass is 32.2. The average Bonchev–Trinajstić information content (AvgIpc) is 2.88. The fraction of sp³-hybridized carbons (Fsp3) is 0.269. The van der Waals surface area contributed by atoms with Crippen molar-refractivity contribution in [3.05, 3.63) is 90.2 Å². The third-order valence-corrected chi connectivity index (χ3v) is 7.78. The second-order valence-electron chi connectivity index (χ2n) is 8.35. The maximum atomic E-state index is 13.1. The normalized spacial score (nSPS) is 14.3. The van der Waals surface area contributed by atoms with E-state index >= 15 is 0 Å². The lowest BCUT2D eigenvalue weighted by molar-refractivity contribution is -0.133. The molecular formula is C26H28FN3O4S. The molecule has 0 atom stereocenters. The smallest absolute Gasteiger partial charge is 0.260 e. The number of nitrogens with zero attached hydrogens (tertiary/aromatic N) is 3. The molecule has 0 saturated carbocycles. The van der Waals surface area contributed by atoms with Crippen LogP contribution in [0.1, 0.15) is 5.56 Å². The van der Waals surface area contributed by atoms with Crippen LogP contribution in [0.5, 0.6) is 5.75 Å². The Kier molecular flexibility index (Phi) is 7.67. The summed E-state index contributed by atoms with van der Waals surface area (Å²) in [6.45, 7) is 2.54. The van der Waals surface area contributed by atoms with Crippen molar-refractivity contribution >= 4 is 21.6 Å². The van der Waals surface area contributed by atoms with Crippen molar-refractivity contribution in [2.75, 3.05) is 44.7 Å². The molecule has 1 fully saturated rings. The molecular weight excluding hydrogens is 469 g/mol. The molecule has 1 aliphatic rings. The Morgan fingerprint density at radius 2 is 1.54 bits per heavy atom. The molecule has 35 heavy (non-hydrogen) atoms. The molecule has 0 unspecified atom stereocenters. The highest BCUT2D eigenvalue weighted by Crippen LogP contribution is 2.21. The van der Waals surface area contributed by atoms with E-state index in [9.17, 15) is 17.6 Å². The number of ether oxygens (including phenoxy) is 1. The van der Waals surface area contributed by atoms with Gasteiger partial charge in [0, 0.05) is 45.5 Å². The summed E-state index contributed by atoms with van der Waals surface area (Å²) in [5, 5.41) is 0. The number of benzene rings is 3. The maximum Gasteiger partial charge on any atom is 0.260 e. The molecule has 4 rings (SSSR count). The van der Waals surface area contributed by atoms with E-state index in [-0.39, 0.29) is 29.8 Å². The molecule has 9 heteroatoms. The number of amides is 1. The van der Waals surface area contributed by atoms with Crippen LogP contribution in [0.2, 0.25) is 0 Å². The van der Waals surface area contributed by atoms with Crippen LogP contribution in [0, 0.1) is 5.82 Å². The fourth-order valence-electron chi connectivity index (χ4n) is 3.92. The van der Waals surface area contributed by atoms with Gasteiger partial charge in [0.25, 0.3) is 5.91 Å². The first kappa shape index (κ1) is 24.7. The van der Waals surface area contributed by atoms with Crippen molar-refractivity contribution in [3.63, 3.8) is 0 Å². The molecule has 1 amide bonds. The minimum atomic E-state index is -3.66. The van der Waals surface area contributed by atoms with E-state index in [0.717, 1.165) is 11.3 Å². The van der Waals surface area contributed by atoms with E-state index in [2.05, 4.69) is 4.90 Å². The summed E-state index contributed by atoms with van der Waals surface area (Å²) in [6, 6.07) is 21.8. The van der Waals surface area contributed by atoms with Crippen LogP contribution >= 0.6 is 0 Å². The van der Waals surface area contributed by atoms with E-state index in [4.69, 9.17) is 4.74 Å². The van der Waals surface area contributed by atoms with Crippen molar-refractivity contribution in [1.29, 1.82) is 0 Å². The van der Waals surface area contributed by atoms with Crippen molar-refractivity contribution in [2.24, 2.45) is 0 Å². The predicted molar refractivity (Wildman–Crippen MR) is 132 cm³/mol. The summed E-state index contributed by atoms with van der Waals surface area (Å²) in [6.07, 6.45) is 0. The van der Waals surface area contributed by atoms with Crippen molar-refractivity contribution in [3.8, 4) is 5.75 Å². The minimum Gasteiger partial charge on any atom is -0.484 e. The molecule has 1 heterocycles. The van der Waals surface area contributed by atoms with Gasteiger partial charge in [-0.3, -0.25) is 4.79 Å². The quantitative estimate of drug-likeness (QED) is 0.477. The molecule has 0 spiro atoms. The van der Waals surface area contributed by atoms with Gasteiger partial charge in [0.2, 0.25) is 10.0 Å². The third kappa shape index (κ3) is 6.17. The van der Waals surface area contributed by atoms with E-state index in [1.165, 1.54) is 28.6 Å². The number of carbonyl (C=O) groups excluding carboxylic acids is 1. The Morgan fingerprint density at radius 1 is 0.914 bits per heavy atom. The van der Waals surface area contributed by atoms with E-state index in [1.807, 2.05) is 30.3 Å². The number of rotatable bonds is 8. The second kappa shape index (κ2) is 10.9. The van der Waals surface area contributed by atoms with Gasteiger partial charge in [-0.2, -0.15) is 4.31 Å². The monoisotopic (exact) mass is 497 g/mol. The minimum absolute atomic E-state index is 0.128. The van der Waals surface area contributed by atoms with Crippen LogP contribution < -0.4 is 9.64 Å². The Hall–Kier alpha value is -3.43. The van der Waals surface area contributed by atoms with E-state index in [0.29, 0.717) is 31.9 Å². The van der Waals surface area contributed by atoms with Gasteiger partial charge in [-0.05, 0) is 54.1 Å². The average molecular weight is 498 g/mol. The number of piperazine rings is 1. The first-order valence-electron chi connectivity index (χ1n) is 11.3. The molecule has 1 saturated heterocycles. The Balaban J connectivity index is 1.27. The maximum absolute atomic E-state index is 13.1. The zero-order valence-corrected chi connectivity index (χ0v) is 20.3. The van der Waals surface area contributed by atoms with Crippen LogP contribution in [-0.4, -0.2) is 63.4 Å². The molecule has 0 aromatic heterocycles. The Morgan fingerprint density at radius 3 is 2.17 bits per heavy atom. The molecule has 0 radical (unpaired) electrons. The predicted octanol–water partition coefficient (Wildman–Crippen LogP) is 3.37. The number of sulfonamides is 1. The number of hydrogen-bond acceptors (Lipinski definition) is 5. The largest absolute Gasteiger partial charge is 0.484 e. The summed E-state index contributed by atoms with van der Waals surface area (Å²) in [5.41, 5.74) is 1.83. The van der Waals surface area contributed by atoms with Crippen LogP contribution in [0.3, 0.4) is 0 Å². The van der Waals surface area contributed by atoms with Gasteiger partial charge in [0.1, 0.15) is 11.6 Å². The van der Waals surface area contributed by atoms with Crippen molar-refractivity contribution in [1.82, 2.24) is 9.21 Å². The van der Waals surface area contributed by atoms with Gasteiger partial charge in [-0.1, -0.05) is 30.3 Å². The summed E-state index contributed by atoms with van der Waals surface area (Å²) >= 11 is 0. The van der Waals surface area contributed by atoms with Crippen LogP contribution in [0.4, 0.5) is 10.1 Å². The molecule has 3 aromatic carbocycles. The SMILES string of the molecule is CN(Cc1ccccc1)S(=O)(=O)c1ccc(OCC(=O)N2CCN(c3ccc(F)cc3)CC2)cc1. The van der Waals surface area contributed by atoms with Crippen LogP contribution in [-0.2, 0) is 21.4 Å². The van der Waals surface area contributed by atoms with E-state index in [1.54, 1.807) is 36.2 Å². The fourth-order valence-corrected chi connectivity index (χ4v) is 5.07. The number of carbonyl (C=O) groups is 1. The molecule has 3 aromatic rings. The molecule has 7 nitrogen and oxygen atoms in total. The van der Waals surface area contributed by atoms with Crippen molar-refractivity contribution in [2.45, 2.75) is 11.4 Å². The van der Waals surface area contributed by atoms with Crippen LogP contribution in [0.15, 0.2) is 83.8 Å². The van der Waals surface area contributed by atoms with Crippen LogP contribution in [0.25, 0.3) is 0 Å². The summed E-state index contributed by atoms with van der Waals surface area (Å²) < 4.78 is 45.8. The van der Waals surface area contributed by atoms with Gasteiger partial charge in [0.05, 0.1) is 4.90 Å². The number of hydrogen-bond donors (Lipinski definition) is 0. The van der Waals surface area contributed by atoms with E-state index < -0.39 is 10.0 Å². The molecule has 1 aliphatic heterocycles. The number of anilines is 1. The first-order valence-corrected chi connectivity index (χ1v) is 12.8. The lowest BCUT2D eigenvalue weighted by Crippen LogP contribution is -2.50. The summed E-state index contributed by atoms with van der Waals surface area (Å²) in [7, 11) is -2.11. The Bertz CT molecular complexity index is 1230. The molecule has 0 N–H and O–H groups in total. The standard InChI is InChI=1S/C26H28FN3O4S/c1-28(19-21-5-3-2-4-6-21)35(32,33)25-13-11-24(12-14-25)34-20-26(31)30-17-15-29(16-18-30)23-9-7-22(27)8-10-23/h2-14H,15-20H2,1H3. The zero-order valence-electron chi connectivity index (χ0n) is 19.5. The first-order chi connectivity index (χ1) is 16.8. The lowest BCUT2D eigenvalue weighted by Gasteiger charge is -2.36. The lowest BCUT2D eigenvalue weighted by atomic mass is 10.2. The summed E-state index contributed by atoms with van der Waals surface area (Å²) in [4.78, 5) is 16.6.